The molecular weight excluding hydrogens is 410 g/mol. The van der Waals surface area contributed by atoms with Crippen LogP contribution >= 0.6 is 11.3 Å². The second-order valence-electron chi connectivity index (χ2n) is 6.30. The van der Waals surface area contributed by atoms with Crippen LogP contribution in [0.4, 0.5) is 5.69 Å². The zero-order valence-electron chi connectivity index (χ0n) is 15.4. The molecule has 2 aromatic heterocycles. The molecule has 7 nitrogen and oxygen atoms in total. The molecule has 0 saturated heterocycles. The Morgan fingerprint density at radius 1 is 1.14 bits per heavy atom. The summed E-state index contributed by atoms with van der Waals surface area (Å²) in [6.07, 6.45) is 1.47. The zero-order chi connectivity index (χ0) is 20.4. The highest BCUT2D eigenvalue weighted by Gasteiger charge is 2.17. The normalized spacial score (nSPS) is 11.6. The molecule has 0 aliphatic rings. The lowest BCUT2D eigenvalue weighted by atomic mass is 10.2. The monoisotopic (exact) mass is 427 g/mol. The molecule has 0 unspecified atom stereocenters. The van der Waals surface area contributed by atoms with Gasteiger partial charge in [0.05, 0.1) is 32.9 Å². The summed E-state index contributed by atoms with van der Waals surface area (Å²) < 4.78 is 33.6. The minimum Gasteiger partial charge on any atom is -0.468 e. The summed E-state index contributed by atoms with van der Waals surface area (Å²) in [6.45, 7) is 1.95. The molecule has 2 N–H and O–H groups in total. The van der Waals surface area contributed by atoms with E-state index in [0.29, 0.717) is 11.4 Å². The van der Waals surface area contributed by atoms with Crippen molar-refractivity contribution in [2.24, 2.45) is 0 Å². The fraction of sp³-hybridized carbons (Fsp3) is 0.100. The van der Waals surface area contributed by atoms with Crippen molar-refractivity contribution >= 4 is 43.2 Å². The topological polar surface area (TPSA) is 101 Å². The molecule has 4 rings (SSSR count). The first-order chi connectivity index (χ1) is 13.9. The number of carbonyl (C=O) groups is 1. The summed E-state index contributed by atoms with van der Waals surface area (Å²) in [7, 11) is -3.79. The van der Waals surface area contributed by atoms with Gasteiger partial charge < -0.3 is 9.73 Å². The van der Waals surface area contributed by atoms with E-state index in [1.807, 2.05) is 19.1 Å². The van der Waals surface area contributed by atoms with Crippen LogP contribution in [0.1, 0.15) is 21.1 Å². The van der Waals surface area contributed by atoms with E-state index in [4.69, 9.17) is 4.42 Å². The number of rotatable bonds is 6. The third kappa shape index (κ3) is 4.37. The first-order valence-corrected chi connectivity index (χ1v) is 11.0. The van der Waals surface area contributed by atoms with Gasteiger partial charge in [0.1, 0.15) is 5.76 Å². The molecule has 0 aliphatic carbocycles. The minimum absolute atomic E-state index is 0.00485. The van der Waals surface area contributed by atoms with E-state index >= 15 is 0 Å². The van der Waals surface area contributed by atoms with Crippen molar-refractivity contribution in [1.82, 2.24) is 9.71 Å². The lowest BCUT2D eigenvalue weighted by molar-refractivity contribution is 0.102. The smallest absolute Gasteiger partial charge is 0.255 e. The Bertz CT molecular complexity index is 1280. The SMILES string of the molecule is Cc1nc2ccc(NC(=O)c3cccc(S(=O)(=O)NCc4ccco4)c3)cc2s1. The zero-order valence-corrected chi connectivity index (χ0v) is 17.0. The number of furan rings is 1. The predicted molar refractivity (Wildman–Crippen MR) is 111 cm³/mol. The first-order valence-electron chi connectivity index (χ1n) is 8.71. The molecule has 1 amide bonds. The van der Waals surface area contributed by atoms with Gasteiger partial charge in [0.15, 0.2) is 0 Å². The van der Waals surface area contributed by atoms with Crippen molar-refractivity contribution in [1.29, 1.82) is 0 Å². The molecule has 9 heteroatoms. The largest absolute Gasteiger partial charge is 0.468 e. The maximum atomic E-state index is 12.6. The Morgan fingerprint density at radius 2 is 2.00 bits per heavy atom. The van der Waals surface area contributed by atoms with Gasteiger partial charge >= 0.3 is 0 Å². The fourth-order valence-corrected chi connectivity index (χ4v) is 4.69. The maximum absolute atomic E-state index is 12.6. The van der Waals surface area contributed by atoms with Gasteiger partial charge in [0.2, 0.25) is 10.0 Å². The van der Waals surface area contributed by atoms with Gasteiger partial charge in [-0.25, -0.2) is 18.1 Å². The highest BCUT2D eigenvalue weighted by atomic mass is 32.2. The summed E-state index contributed by atoms with van der Waals surface area (Å²) in [5.41, 5.74) is 1.74. The van der Waals surface area contributed by atoms with E-state index in [0.717, 1.165) is 15.2 Å². The number of anilines is 1. The number of amides is 1. The van der Waals surface area contributed by atoms with E-state index in [9.17, 15) is 13.2 Å². The van der Waals surface area contributed by atoms with Gasteiger partial charge in [-0.2, -0.15) is 0 Å². The number of hydrogen-bond acceptors (Lipinski definition) is 6. The van der Waals surface area contributed by atoms with Crippen molar-refractivity contribution < 1.29 is 17.6 Å². The summed E-state index contributed by atoms with van der Waals surface area (Å²) in [5, 5.41) is 3.75. The first kappa shape index (κ1) is 19.3. The lowest BCUT2D eigenvalue weighted by Gasteiger charge is -2.09. The standard InChI is InChI=1S/C20H17N3O4S2/c1-13-22-18-8-7-15(11-19(18)28-13)23-20(24)14-4-2-6-17(10-14)29(25,26)21-12-16-5-3-9-27-16/h2-11,21H,12H2,1H3,(H,23,24). The average Bonchev–Trinajstić information content (AvgIpc) is 3.35. The van der Waals surface area contributed by atoms with E-state index in [1.165, 1.54) is 24.5 Å². The van der Waals surface area contributed by atoms with Gasteiger partial charge in [0.25, 0.3) is 5.91 Å². The Hall–Kier alpha value is -3.01. The maximum Gasteiger partial charge on any atom is 0.255 e. The molecule has 4 aromatic rings. The number of carbonyl (C=O) groups excluding carboxylic acids is 1. The molecular formula is C20H17N3O4S2. The molecule has 29 heavy (non-hydrogen) atoms. The van der Waals surface area contributed by atoms with Crippen LogP contribution < -0.4 is 10.0 Å². The highest BCUT2D eigenvalue weighted by molar-refractivity contribution is 7.89. The van der Waals surface area contributed by atoms with Crippen LogP contribution in [0.25, 0.3) is 10.2 Å². The molecule has 148 valence electrons. The van der Waals surface area contributed by atoms with Crippen molar-refractivity contribution in [3.63, 3.8) is 0 Å². The van der Waals surface area contributed by atoms with Crippen molar-refractivity contribution in [2.45, 2.75) is 18.4 Å². The molecule has 0 bridgehead atoms. The summed E-state index contributed by atoms with van der Waals surface area (Å²) in [5.74, 6) is 0.102. The fourth-order valence-electron chi connectivity index (χ4n) is 2.79. The summed E-state index contributed by atoms with van der Waals surface area (Å²) in [4.78, 5) is 17.0. The number of benzene rings is 2. The van der Waals surface area contributed by atoms with E-state index in [2.05, 4.69) is 15.0 Å². The van der Waals surface area contributed by atoms with Gasteiger partial charge in [-0.3, -0.25) is 4.79 Å². The van der Waals surface area contributed by atoms with Crippen LogP contribution in [0.2, 0.25) is 0 Å². The van der Waals surface area contributed by atoms with Crippen LogP contribution in [0, 0.1) is 6.92 Å². The lowest BCUT2D eigenvalue weighted by Crippen LogP contribution is -2.23. The van der Waals surface area contributed by atoms with Gasteiger partial charge in [-0.1, -0.05) is 6.07 Å². The highest BCUT2D eigenvalue weighted by Crippen LogP contribution is 2.25. The number of nitrogens with zero attached hydrogens (tertiary/aromatic N) is 1. The van der Waals surface area contributed by atoms with Crippen molar-refractivity contribution in [3.8, 4) is 0 Å². The predicted octanol–water partition coefficient (Wildman–Crippen LogP) is 3.93. The number of nitrogens with one attached hydrogen (secondary N) is 2. The number of aryl methyl sites for hydroxylation is 1. The number of aromatic nitrogens is 1. The quantitative estimate of drug-likeness (QED) is 0.486. The molecule has 0 spiro atoms. The van der Waals surface area contributed by atoms with Crippen LogP contribution in [0.3, 0.4) is 0 Å². The second kappa shape index (κ2) is 7.78. The summed E-state index contributed by atoms with van der Waals surface area (Å²) in [6, 6.07) is 14.7. The minimum atomic E-state index is -3.79. The summed E-state index contributed by atoms with van der Waals surface area (Å²) >= 11 is 1.54. The van der Waals surface area contributed by atoms with E-state index in [1.54, 1.807) is 35.6 Å². The van der Waals surface area contributed by atoms with Crippen molar-refractivity contribution in [2.75, 3.05) is 5.32 Å². The van der Waals surface area contributed by atoms with Crippen LogP contribution in [-0.2, 0) is 16.6 Å². The molecule has 0 aliphatic heterocycles. The molecule has 2 aromatic carbocycles. The Balaban J connectivity index is 1.51. The van der Waals surface area contributed by atoms with Crippen LogP contribution in [-0.4, -0.2) is 19.3 Å². The molecule has 0 saturated carbocycles. The van der Waals surface area contributed by atoms with E-state index in [-0.39, 0.29) is 17.0 Å². The Kier molecular flexibility index (Phi) is 5.18. The third-order valence-electron chi connectivity index (χ3n) is 4.18. The van der Waals surface area contributed by atoms with Gasteiger partial charge in [-0.15, -0.1) is 11.3 Å². The Labute approximate surface area is 171 Å². The molecule has 0 fully saturated rings. The third-order valence-corrected chi connectivity index (χ3v) is 6.51. The van der Waals surface area contributed by atoms with Crippen LogP contribution in [0.5, 0.6) is 0 Å². The molecule has 0 atom stereocenters. The average molecular weight is 428 g/mol. The number of hydrogen-bond donors (Lipinski definition) is 2. The molecule has 2 heterocycles. The van der Waals surface area contributed by atoms with Crippen LogP contribution in [0.15, 0.2) is 70.2 Å². The second-order valence-corrected chi connectivity index (χ2v) is 9.30. The van der Waals surface area contributed by atoms with Gasteiger partial charge in [-0.05, 0) is 55.5 Å². The number of fused-ring (bicyclic) bond motifs is 1. The number of thiazole rings is 1. The Morgan fingerprint density at radius 3 is 2.79 bits per heavy atom. The van der Waals surface area contributed by atoms with Crippen molar-refractivity contribution in [3.05, 3.63) is 77.2 Å². The number of sulfonamides is 1. The van der Waals surface area contributed by atoms with E-state index < -0.39 is 15.9 Å². The molecule has 0 radical (unpaired) electrons. The van der Waals surface area contributed by atoms with Gasteiger partial charge in [0, 0.05) is 11.3 Å².